The molecule has 0 spiro atoms. The van der Waals surface area contributed by atoms with Gasteiger partial charge in [0.2, 0.25) is 5.91 Å². The minimum atomic E-state index is 0.210. The number of nitrogens with zero attached hydrogens (tertiary/aromatic N) is 2. The van der Waals surface area contributed by atoms with Crippen molar-refractivity contribution in [2.45, 2.75) is 19.4 Å². The van der Waals surface area contributed by atoms with E-state index in [-0.39, 0.29) is 5.91 Å². The molecule has 5 heteroatoms. The summed E-state index contributed by atoms with van der Waals surface area (Å²) in [7, 11) is 0. The predicted octanol–water partition coefficient (Wildman–Crippen LogP) is 0.883. The maximum atomic E-state index is 12.3. The van der Waals surface area contributed by atoms with Gasteiger partial charge in [-0.05, 0) is 17.5 Å². The third-order valence-electron chi connectivity index (χ3n) is 4.71. The Morgan fingerprint density at radius 3 is 2.70 bits per heavy atom. The van der Waals surface area contributed by atoms with Gasteiger partial charge in [-0.15, -0.1) is 0 Å². The second kappa shape index (κ2) is 8.43. The molecule has 5 nitrogen and oxygen atoms in total. The van der Waals surface area contributed by atoms with Crippen LogP contribution in [0, 0.1) is 0 Å². The van der Waals surface area contributed by atoms with Crippen molar-refractivity contribution in [2.24, 2.45) is 0 Å². The van der Waals surface area contributed by atoms with Crippen LogP contribution in [0.5, 0.6) is 0 Å². The number of carbonyl (C=O) groups is 1. The number of piperazine rings is 1. The lowest BCUT2D eigenvalue weighted by molar-refractivity contribution is -0.133. The standard InChI is InChI=1S/C18H27N3O2/c22-18(6-13-23-14-12-20-10-7-19-8-11-20)21-9-5-16-3-1-2-4-17(16)15-21/h1-4,19H,5-15H2. The molecule has 0 bridgehead atoms. The van der Waals surface area contributed by atoms with Gasteiger partial charge in [0.25, 0.3) is 0 Å². The van der Waals surface area contributed by atoms with Crippen LogP contribution in [-0.2, 0) is 22.5 Å². The molecular formula is C18H27N3O2. The first-order chi connectivity index (χ1) is 11.3. The fraction of sp³-hybridized carbons (Fsp3) is 0.611. The summed E-state index contributed by atoms with van der Waals surface area (Å²) in [5, 5.41) is 3.34. The van der Waals surface area contributed by atoms with Crippen LogP contribution in [0.15, 0.2) is 24.3 Å². The smallest absolute Gasteiger partial charge is 0.225 e. The van der Waals surface area contributed by atoms with Gasteiger partial charge in [-0.3, -0.25) is 9.69 Å². The fourth-order valence-corrected chi connectivity index (χ4v) is 3.26. The first-order valence-corrected chi connectivity index (χ1v) is 8.68. The second-order valence-corrected chi connectivity index (χ2v) is 6.29. The third-order valence-corrected chi connectivity index (χ3v) is 4.71. The maximum absolute atomic E-state index is 12.3. The molecule has 0 atom stereocenters. The number of hydrogen-bond acceptors (Lipinski definition) is 4. The van der Waals surface area contributed by atoms with Gasteiger partial charge in [0, 0.05) is 45.8 Å². The van der Waals surface area contributed by atoms with Gasteiger partial charge >= 0.3 is 0 Å². The van der Waals surface area contributed by atoms with Gasteiger partial charge in [-0.2, -0.15) is 0 Å². The molecule has 23 heavy (non-hydrogen) atoms. The minimum absolute atomic E-state index is 0.210. The highest BCUT2D eigenvalue weighted by Crippen LogP contribution is 2.18. The van der Waals surface area contributed by atoms with E-state index in [0.29, 0.717) is 13.0 Å². The zero-order chi connectivity index (χ0) is 15.9. The van der Waals surface area contributed by atoms with E-state index in [1.54, 1.807) is 0 Å². The quantitative estimate of drug-likeness (QED) is 0.791. The van der Waals surface area contributed by atoms with Crippen LogP contribution < -0.4 is 5.32 Å². The van der Waals surface area contributed by atoms with Crippen molar-refractivity contribution >= 4 is 5.91 Å². The minimum Gasteiger partial charge on any atom is -0.380 e. The molecule has 0 saturated carbocycles. The van der Waals surface area contributed by atoms with Crippen molar-refractivity contribution in [1.82, 2.24) is 15.1 Å². The summed E-state index contributed by atoms with van der Waals surface area (Å²) in [6, 6.07) is 8.41. The molecular weight excluding hydrogens is 290 g/mol. The number of benzene rings is 1. The van der Waals surface area contributed by atoms with E-state index < -0.39 is 0 Å². The molecule has 2 aliphatic rings. The number of ether oxygens (including phenoxy) is 1. The molecule has 1 amide bonds. The van der Waals surface area contributed by atoms with Crippen LogP contribution in [-0.4, -0.2) is 68.2 Å². The number of carbonyl (C=O) groups excluding carboxylic acids is 1. The third kappa shape index (κ3) is 4.77. The van der Waals surface area contributed by atoms with E-state index in [1.165, 1.54) is 11.1 Å². The number of amides is 1. The van der Waals surface area contributed by atoms with Crippen molar-refractivity contribution in [3.05, 3.63) is 35.4 Å². The van der Waals surface area contributed by atoms with E-state index >= 15 is 0 Å². The topological polar surface area (TPSA) is 44.8 Å². The molecule has 126 valence electrons. The summed E-state index contributed by atoms with van der Waals surface area (Å²) < 4.78 is 5.66. The Labute approximate surface area is 138 Å². The normalized spacial score (nSPS) is 18.7. The molecule has 1 N–H and O–H groups in total. The van der Waals surface area contributed by atoms with E-state index in [9.17, 15) is 4.79 Å². The number of hydrogen-bond donors (Lipinski definition) is 1. The zero-order valence-electron chi connectivity index (χ0n) is 13.8. The molecule has 0 radical (unpaired) electrons. The predicted molar refractivity (Wildman–Crippen MR) is 90.3 cm³/mol. The molecule has 2 heterocycles. The van der Waals surface area contributed by atoms with Gasteiger partial charge in [0.15, 0.2) is 0 Å². The van der Waals surface area contributed by atoms with Gasteiger partial charge in [0.1, 0.15) is 0 Å². The van der Waals surface area contributed by atoms with Gasteiger partial charge in [-0.25, -0.2) is 0 Å². The second-order valence-electron chi connectivity index (χ2n) is 6.29. The highest BCUT2D eigenvalue weighted by molar-refractivity contribution is 5.76. The Morgan fingerprint density at radius 2 is 1.87 bits per heavy atom. The lowest BCUT2D eigenvalue weighted by atomic mass is 10.00. The van der Waals surface area contributed by atoms with Crippen molar-refractivity contribution < 1.29 is 9.53 Å². The molecule has 1 aromatic carbocycles. The average Bonchev–Trinajstić information content (AvgIpc) is 2.61. The van der Waals surface area contributed by atoms with Crippen molar-refractivity contribution in [3.63, 3.8) is 0 Å². The number of fused-ring (bicyclic) bond motifs is 1. The van der Waals surface area contributed by atoms with Crippen LogP contribution in [0.4, 0.5) is 0 Å². The Hall–Kier alpha value is -1.43. The fourth-order valence-electron chi connectivity index (χ4n) is 3.26. The van der Waals surface area contributed by atoms with Crippen molar-refractivity contribution in [2.75, 3.05) is 52.5 Å². The van der Waals surface area contributed by atoms with Gasteiger partial charge in [-0.1, -0.05) is 24.3 Å². The summed E-state index contributed by atoms with van der Waals surface area (Å²) in [6.07, 6.45) is 1.45. The van der Waals surface area contributed by atoms with Crippen LogP contribution >= 0.6 is 0 Å². The highest BCUT2D eigenvalue weighted by Gasteiger charge is 2.19. The molecule has 1 aromatic rings. The summed E-state index contributed by atoms with van der Waals surface area (Å²) in [5.41, 5.74) is 2.66. The molecule has 0 aromatic heterocycles. The Kier molecular flexibility index (Phi) is 6.02. The first-order valence-electron chi connectivity index (χ1n) is 8.68. The van der Waals surface area contributed by atoms with E-state index in [0.717, 1.165) is 58.8 Å². The van der Waals surface area contributed by atoms with Crippen LogP contribution in [0.1, 0.15) is 17.5 Å². The summed E-state index contributed by atoms with van der Waals surface area (Å²) in [4.78, 5) is 16.7. The molecule has 3 rings (SSSR count). The molecule has 2 aliphatic heterocycles. The SMILES string of the molecule is O=C(CCOCCN1CCNCC1)N1CCc2ccccc2C1. The van der Waals surface area contributed by atoms with E-state index in [2.05, 4.69) is 28.4 Å². The van der Waals surface area contributed by atoms with E-state index in [4.69, 9.17) is 4.74 Å². The molecule has 0 aliphatic carbocycles. The molecule has 1 saturated heterocycles. The Bertz CT molecular complexity index is 515. The summed E-state index contributed by atoms with van der Waals surface area (Å²) in [6.45, 7) is 8.10. The highest BCUT2D eigenvalue weighted by atomic mass is 16.5. The van der Waals surface area contributed by atoms with Crippen molar-refractivity contribution in [3.8, 4) is 0 Å². The molecule has 0 unspecified atom stereocenters. The maximum Gasteiger partial charge on any atom is 0.225 e. The van der Waals surface area contributed by atoms with Gasteiger partial charge < -0.3 is 15.0 Å². The molecule has 1 fully saturated rings. The average molecular weight is 317 g/mol. The van der Waals surface area contributed by atoms with E-state index in [1.807, 2.05) is 11.0 Å². The largest absolute Gasteiger partial charge is 0.380 e. The zero-order valence-corrected chi connectivity index (χ0v) is 13.8. The number of nitrogens with one attached hydrogen (secondary N) is 1. The van der Waals surface area contributed by atoms with Crippen LogP contribution in [0.2, 0.25) is 0 Å². The first kappa shape index (κ1) is 16.4. The summed E-state index contributed by atoms with van der Waals surface area (Å²) in [5.74, 6) is 0.210. The van der Waals surface area contributed by atoms with Crippen LogP contribution in [0.3, 0.4) is 0 Å². The lowest BCUT2D eigenvalue weighted by Crippen LogP contribution is -2.44. The number of rotatable bonds is 6. The van der Waals surface area contributed by atoms with Gasteiger partial charge in [0.05, 0.1) is 19.6 Å². The van der Waals surface area contributed by atoms with Crippen LogP contribution in [0.25, 0.3) is 0 Å². The Balaban J connectivity index is 1.32. The summed E-state index contributed by atoms with van der Waals surface area (Å²) >= 11 is 0. The van der Waals surface area contributed by atoms with Crippen molar-refractivity contribution in [1.29, 1.82) is 0 Å². The lowest BCUT2D eigenvalue weighted by Gasteiger charge is -2.29. The monoisotopic (exact) mass is 317 g/mol. The Morgan fingerprint density at radius 1 is 1.09 bits per heavy atom.